The highest BCUT2D eigenvalue weighted by atomic mass is 16.5. The van der Waals surface area contributed by atoms with Crippen LogP contribution in [0.5, 0.6) is 0 Å². The topological polar surface area (TPSA) is 63.2 Å². The van der Waals surface area contributed by atoms with Crippen molar-refractivity contribution < 1.29 is 9.53 Å². The van der Waals surface area contributed by atoms with Gasteiger partial charge in [-0.05, 0) is 30.5 Å². The van der Waals surface area contributed by atoms with Gasteiger partial charge in [-0.15, -0.1) is 0 Å². The standard InChI is InChI=1S/C17H21N3O2/c21-17(11-13-7-10-22-12-13)19-9-8-18-16-6-5-14-3-1-2-4-15(14)20-16/h1-6,13H,7-12H2,(H,18,20)(H,19,21)/t13-/m0/s1. The van der Waals surface area contributed by atoms with E-state index in [0.717, 1.165) is 29.7 Å². The van der Waals surface area contributed by atoms with Crippen LogP contribution in [-0.2, 0) is 9.53 Å². The Kier molecular flexibility index (Phi) is 4.85. The highest BCUT2D eigenvalue weighted by Crippen LogP contribution is 2.16. The number of amides is 1. The summed E-state index contributed by atoms with van der Waals surface area (Å²) in [6.45, 7) is 2.76. The number of rotatable bonds is 6. The third kappa shape index (κ3) is 3.95. The summed E-state index contributed by atoms with van der Waals surface area (Å²) in [6, 6.07) is 12.0. The van der Waals surface area contributed by atoms with Gasteiger partial charge in [0.25, 0.3) is 0 Å². The summed E-state index contributed by atoms with van der Waals surface area (Å²) in [5.41, 5.74) is 0.970. The Morgan fingerprint density at radius 1 is 1.23 bits per heavy atom. The van der Waals surface area contributed by atoms with Crippen molar-refractivity contribution in [2.75, 3.05) is 31.6 Å². The lowest BCUT2D eigenvalue weighted by molar-refractivity contribution is -0.121. The fourth-order valence-corrected chi connectivity index (χ4v) is 2.64. The number of fused-ring (bicyclic) bond motifs is 1. The molecule has 3 rings (SSSR count). The molecule has 0 spiro atoms. The molecule has 1 aliphatic heterocycles. The van der Waals surface area contributed by atoms with E-state index >= 15 is 0 Å². The maximum atomic E-state index is 11.8. The van der Waals surface area contributed by atoms with Gasteiger partial charge in [0, 0.05) is 38.1 Å². The first-order valence-corrected chi connectivity index (χ1v) is 7.75. The summed E-state index contributed by atoms with van der Waals surface area (Å²) in [5, 5.41) is 7.29. The lowest BCUT2D eigenvalue weighted by Gasteiger charge is -2.10. The zero-order valence-electron chi connectivity index (χ0n) is 12.5. The van der Waals surface area contributed by atoms with Crippen molar-refractivity contribution >= 4 is 22.6 Å². The van der Waals surface area contributed by atoms with Crippen LogP contribution in [0.3, 0.4) is 0 Å². The van der Waals surface area contributed by atoms with Crippen LogP contribution in [-0.4, -0.2) is 37.2 Å². The molecule has 2 aromatic rings. The molecule has 2 N–H and O–H groups in total. The van der Waals surface area contributed by atoms with E-state index in [0.29, 0.717) is 32.0 Å². The second-order valence-electron chi connectivity index (χ2n) is 5.60. The van der Waals surface area contributed by atoms with Crippen LogP contribution in [0.1, 0.15) is 12.8 Å². The van der Waals surface area contributed by atoms with E-state index in [-0.39, 0.29) is 5.91 Å². The summed E-state index contributed by atoms with van der Waals surface area (Å²) < 4.78 is 5.28. The predicted octanol–water partition coefficient (Wildman–Crippen LogP) is 2.19. The maximum absolute atomic E-state index is 11.8. The van der Waals surface area contributed by atoms with Gasteiger partial charge in [-0.2, -0.15) is 0 Å². The van der Waals surface area contributed by atoms with Crippen LogP contribution >= 0.6 is 0 Å². The van der Waals surface area contributed by atoms with Crippen molar-refractivity contribution in [3.63, 3.8) is 0 Å². The minimum Gasteiger partial charge on any atom is -0.381 e. The molecule has 0 aliphatic carbocycles. The van der Waals surface area contributed by atoms with Gasteiger partial charge < -0.3 is 15.4 Å². The molecular formula is C17H21N3O2. The van der Waals surface area contributed by atoms with Gasteiger partial charge in [0.2, 0.25) is 5.91 Å². The van der Waals surface area contributed by atoms with Gasteiger partial charge in [0.1, 0.15) is 5.82 Å². The lowest BCUT2D eigenvalue weighted by Crippen LogP contribution is -2.30. The van der Waals surface area contributed by atoms with Crippen molar-refractivity contribution in [3.05, 3.63) is 36.4 Å². The quantitative estimate of drug-likeness (QED) is 0.803. The molecule has 1 amide bonds. The van der Waals surface area contributed by atoms with Crippen molar-refractivity contribution in [2.45, 2.75) is 12.8 Å². The van der Waals surface area contributed by atoms with Crippen LogP contribution in [0.25, 0.3) is 10.9 Å². The minimum atomic E-state index is 0.101. The average Bonchev–Trinajstić information content (AvgIpc) is 3.04. The monoisotopic (exact) mass is 299 g/mol. The van der Waals surface area contributed by atoms with Crippen molar-refractivity contribution in [1.29, 1.82) is 0 Å². The van der Waals surface area contributed by atoms with Gasteiger partial charge in [0.05, 0.1) is 5.52 Å². The summed E-state index contributed by atoms with van der Waals surface area (Å²) >= 11 is 0. The molecule has 0 unspecified atom stereocenters. The molecule has 1 fully saturated rings. The number of benzene rings is 1. The number of pyridine rings is 1. The van der Waals surface area contributed by atoms with Crippen molar-refractivity contribution in [1.82, 2.24) is 10.3 Å². The molecule has 1 atom stereocenters. The number of hydrogen-bond donors (Lipinski definition) is 2. The molecule has 5 heteroatoms. The number of anilines is 1. The van der Waals surface area contributed by atoms with Gasteiger partial charge in [-0.3, -0.25) is 4.79 Å². The molecule has 1 aromatic carbocycles. The van der Waals surface area contributed by atoms with E-state index in [1.54, 1.807) is 0 Å². The Morgan fingerprint density at radius 2 is 2.14 bits per heavy atom. The van der Waals surface area contributed by atoms with E-state index in [9.17, 15) is 4.79 Å². The van der Waals surface area contributed by atoms with Gasteiger partial charge in [-0.1, -0.05) is 18.2 Å². The summed E-state index contributed by atoms with van der Waals surface area (Å²) in [6.07, 6.45) is 1.56. The third-order valence-electron chi connectivity index (χ3n) is 3.85. The first-order chi connectivity index (χ1) is 10.8. The van der Waals surface area contributed by atoms with Crippen molar-refractivity contribution in [3.8, 4) is 0 Å². The van der Waals surface area contributed by atoms with E-state index in [2.05, 4.69) is 15.6 Å². The molecule has 0 bridgehead atoms. The summed E-state index contributed by atoms with van der Waals surface area (Å²) in [4.78, 5) is 16.3. The van der Waals surface area contributed by atoms with Crippen LogP contribution in [0, 0.1) is 5.92 Å². The lowest BCUT2D eigenvalue weighted by atomic mass is 10.1. The zero-order valence-corrected chi connectivity index (χ0v) is 12.5. The number of nitrogens with zero attached hydrogens (tertiary/aromatic N) is 1. The Hall–Kier alpha value is -2.14. The van der Waals surface area contributed by atoms with Crippen LogP contribution < -0.4 is 10.6 Å². The molecule has 1 saturated heterocycles. The number of nitrogens with one attached hydrogen (secondary N) is 2. The predicted molar refractivity (Wildman–Crippen MR) is 86.8 cm³/mol. The van der Waals surface area contributed by atoms with E-state index in [1.807, 2.05) is 36.4 Å². The smallest absolute Gasteiger partial charge is 0.220 e. The number of carbonyl (C=O) groups excluding carboxylic acids is 1. The number of hydrogen-bond acceptors (Lipinski definition) is 4. The second kappa shape index (κ2) is 7.22. The van der Waals surface area contributed by atoms with Gasteiger partial charge >= 0.3 is 0 Å². The number of para-hydroxylation sites is 1. The fourth-order valence-electron chi connectivity index (χ4n) is 2.64. The fraction of sp³-hybridized carbons (Fsp3) is 0.412. The van der Waals surface area contributed by atoms with E-state index < -0.39 is 0 Å². The van der Waals surface area contributed by atoms with Crippen LogP contribution in [0.4, 0.5) is 5.82 Å². The Morgan fingerprint density at radius 3 is 3.00 bits per heavy atom. The number of ether oxygens (including phenoxy) is 1. The van der Waals surface area contributed by atoms with Crippen molar-refractivity contribution in [2.24, 2.45) is 5.92 Å². The molecule has 1 aliphatic rings. The second-order valence-corrected chi connectivity index (χ2v) is 5.60. The third-order valence-corrected chi connectivity index (χ3v) is 3.85. The van der Waals surface area contributed by atoms with E-state index in [4.69, 9.17) is 4.74 Å². The molecule has 116 valence electrons. The summed E-state index contributed by atoms with van der Waals surface area (Å²) in [5.74, 6) is 1.32. The molecule has 22 heavy (non-hydrogen) atoms. The molecule has 0 saturated carbocycles. The van der Waals surface area contributed by atoms with Gasteiger partial charge in [-0.25, -0.2) is 4.98 Å². The molecule has 2 heterocycles. The molecule has 1 aromatic heterocycles. The Balaban J connectivity index is 1.41. The SMILES string of the molecule is O=C(C[C@@H]1CCOC1)NCCNc1ccc2ccccc2n1. The zero-order chi connectivity index (χ0) is 15.2. The van der Waals surface area contributed by atoms with Gasteiger partial charge in [0.15, 0.2) is 0 Å². The first kappa shape index (κ1) is 14.8. The molecular weight excluding hydrogens is 278 g/mol. The van der Waals surface area contributed by atoms with E-state index in [1.165, 1.54) is 0 Å². The van der Waals surface area contributed by atoms with Crippen LogP contribution in [0.2, 0.25) is 0 Å². The molecule has 5 nitrogen and oxygen atoms in total. The largest absolute Gasteiger partial charge is 0.381 e. The number of aromatic nitrogens is 1. The van der Waals surface area contributed by atoms with Crippen LogP contribution in [0.15, 0.2) is 36.4 Å². The Bertz CT molecular complexity index is 639. The normalized spacial score (nSPS) is 17.5. The highest BCUT2D eigenvalue weighted by Gasteiger charge is 2.18. The molecule has 0 radical (unpaired) electrons. The Labute approximate surface area is 130 Å². The highest BCUT2D eigenvalue weighted by molar-refractivity contribution is 5.80. The average molecular weight is 299 g/mol. The number of carbonyl (C=O) groups is 1. The summed E-state index contributed by atoms with van der Waals surface area (Å²) in [7, 11) is 0. The maximum Gasteiger partial charge on any atom is 0.220 e. The first-order valence-electron chi connectivity index (χ1n) is 7.75. The minimum absolute atomic E-state index is 0.101.